The fraction of sp³-hybridized carbons (Fsp3) is 0.267. The maximum absolute atomic E-state index is 13.5. The predicted octanol–water partition coefficient (Wildman–Crippen LogP) is 4.23. The first kappa shape index (κ1) is 17.2. The Hall–Kier alpha value is -1.14. The number of nitrogens with zero attached hydrogens (tertiary/aromatic N) is 1. The first-order chi connectivity index (χ1) is 10.4. The van der Waals surface area contributed by atoms with E-state index in [9.17, 15) is 9.18 Å². The van der Waals surface area contributed by atoms with Gasteiger partial charge in [-0.05, 0) is 48.6 Å². The lowest BCUT2D eigenvalue weighted by Crippen LogP contribution is -2.34. The Morgan fingerprint density at radius 2 is 2.09 bits per heavy atom. The van der Waals surface area contributed by atoms with E-state index < -0.39 is 11.7 Å². The molecule has 1 heterocycles. The number of hydrogen-bond acceptors (Lipinski definition) is 3. The third-order valence-corrected chi connectivity index (χ3v) is 4.57. The minimum atomic E-state index is -0.668. The molecule has 1 aromatic carbocycles. The molecule has 1 aromatic heterocycles. The van der Waals surface area contributed by atoms with Crippen LogP contribution < -0.4 is 5.32 Å². The molecule has 1 amide bonds. The van der Waals surface area contributed by atoms with E-state index in [2.05, 4.69) is 5.32 Å². The first-order valence-corrected chi connectivity index (χ1v) is 8.21. The molecule has 0 bridgehead atoms. The number of amides is 1. The van der Waals surface area contributed by atoms with Gasteiger partial charge in [0.25, 0.3) is 5.91 Å². The van der Waals surface area contributed by atoms with Crippen molar-refractivity contribution in [2.24, 2.45) is 0 Å². The smallest absolute Gasteiger partial charge is 0.252 e. The van der Waals surface area contributed by atoms with Gasteiger partial charge in [0, 0.05) is 6.54 Å². The van der Waals surface area contributed by atoms with E-state index in [-0.39, 0.29) is 21.7 Å². The monoisotopic (exact) mass is 360 g/mol. The number of carbonyl (C=O) groups excluding carboxylic acids is 1. The van der Waals surface area contributed by atoms with Crippen molar-refractivity contribution in [2.75, 3.05) is 20.6 Å². The van der Waals surface area contributed by atoms with Crippen LogP contribution in [-0.2, 0) is 0 Å². The molecule has 0 saturated carbocycles. The van der Waals surface area contributed by atoms with Gasteiger partial charge in [0.2, 0.25) is 0 Å². The van der Waals surface area contributed by atoms with Gasteiger partial charge in [-0.3, -0.25) is 4.79 Å². The molecule has 0 aliphatic carbocycles. The summed E-state index contributed by atoms with van der Waals surface area (Å²) in [5.41, 5.74) is 1.19. The van der Waals surface area contributed by atoms with Crippen molar-refractivity contribution in [3.8, 4) is 0 Å². The first-order valence-electron chi connectivity index (χ1n) is 6.51. The molecule has 1 N–H and O–H groups in total. The summed E-state index contributed by atoms with van der Waals surface area (Å²) in [5, 5.41) is 6.82. The van der Waals surface area contributed by atoms with E-state index in [0.29, 0.717) is 6.54 Å². The molecule has 22 heavy (non-hydrogen) atoms. The molecule has 0 aliphatic heterocycles. The van der Waals surface area contributed by atoms with Gasteiger partial charge in [-0.1, -0.05) is 23.2 Å². The van der Waals surface area contributed by atoms with Crippen molar-refractivity contribution in [1.29, 1.82) is 0 Å². The van der Waals surface area contributed by atoms with E-state index in [4.69, 9.17) is 23.2 Å². The topological polar surface area (TPSA) is 32.3 Å². The van der Waals surface area contributed by atoms with E-state index in [0.717, 1.165) is 11.6 Å². The van der Waals surface area contributed by atoms with Crippen LogP contribution in [0.15, 0.2) is 29.0 Å². The summed E-state index contributed by atoms with van der Waals surface area (Å²) in [6.45, 7) is 0.392. The molecule has 2 rings (SSSR count). The third-order valence-electron chi connectivity index (χ3n) is 3.26. The quantitative estimate of drug-likeness (QED) is 0.809. The number of rotatable bonds is 5. The van der Waals surface area contributed by atoms with Gasteiger partial charge >= 0.3 is 0 Å². The Kier molecular flexibility index (Phi) is 5.81. The second-order valence-electron chi connectivity index (χ2n) is 4.99. The molecule has 0 aliphatic rings. The van der Waals surface area contributed by atoms with Crippen molar-refractivity contribution in [2.45, 2.75) is 6.04 Å². The lowest BCUT2D eigenvalue weighted by molar-refractivity contribution is 0.0941. The summed E-state index contributed by atoms with van der Waals surface area (Å²) >= 11 is 13.2. The van der Waals surface area contributed by atoms with Crippen molar-refractivity contribution in [1.82, 2.24) is 10.2 Å². The fourth-order valence-electron chi connectivity index (χ4n) is 2.04. The van der Waals surface area contributed by atoms with Crippen LogP contribution in [0.5, 0.6) is 0 Å². The molecule has 2 aromatic rings. The summed E-state index contributed by atoms with van der Waals surface area (Å²) < 4.78 is 13.5. The second-order valence-corrected chi connectivity index (χ2v) is 6.59. The van der Waals surface area contributed by atoms with Gasteiger partial charge in [-0.2, -0.15) is 11.3 Å². The maximum Gasteiger partial charge on any atom is 0.252 e. The summed E-state index contributed by atoms with van der Waals surface area (Å²) in [6, 6.07) is 4.33. The van der Waals surface area contributed by atoms with Gasteiger partial charge in [-0.15, -0.1) is 0 Å². The van der Waals surface area contributed by atoms with Crippen LogP contribution in [0, 0.1) is 5.82 Å². The zero-order valence-corrected chi connectivity index (χ0v) is 14.4. The highest BCUT2D eigenvalue weighted by atomic mass is 35.5. The van der Waals surface area contributed by atoms with E-state index in [1.165, 1.54) is 6.07 Å². The molecular weight excluding hydrogens is 346 g/mol. The van der Waals surface area contributed by atoms with Crippen molar-refractivity contribution in [3.63, 3.8) is 0 Å². The number of thiophene rings is 1. The van der Waals surface area contributed by atoms with Crippen LogP contribution in [0.1, 0.15) is 22.0 Å². The van der Waals surface area contributed by atoms with Gasteiger partial charge in [-0.25, -0.2) is 4.39 Å². The highest BCUT2D eigenvalue weighted by Crippen LogP contribution is 2.25. The Morgan fingerprint density at radius 1 is 1.36 bits per heavy atom. The molecular formula is C15H15Cl2FN2OS. The lowest BCUT2D eigenvalue weighted by atomic mass is 10.1. The molecule has 1 atom stereocenters. The molecule has 0 spiro atoms. The summed E-state index contributed by atoms with van der Waals surface area (Å²) in [6.07, 6.45) is 0. The number of likely N-dealkylation sites (N-methyl/N-ethyl adjacent to an activating group) is 1. The van der Waals surface area contributed by atoms with E-state index in [1.807, 2.05) is 35.8 Å². The van der Waals surface area contributed by atoms with Crippen LogP contribution >= 0.6 is 34.5 Å². The molecule has 3 nitrogen and oxygen atoms in total. The van der Waals surface area contributed by atoms with E-state index >= 15 is 0 Å². The molecule has 0 saturated heterocycles. The Balaban J connectivity index is 2.10. The normalized spacial score (nSPS) is 12.5. The van der Waals surface area contributed by atoms with Crippen molar-refractivity contribution >= 4 is 40.4 Å². The zero-order valence-electron chi connectivity index (χ0n) is 12.1. The van der Waals surface area contributed by atoms with Crippen LogP contribution in [0.25, 0.3) is 0 Å². The van der Waals surface area contributed by atoms with Crippen LogP contribution in [-0.4, -0.2) is 31.4 Å². The number of halogens is 3. The standard InChI is InChI=1S/C15H15Cl2FN2OS/c1-20(2)14(9-3-4-22-8-9)7-19-15(21)10-5-13(18)12(17)6-11(10)16/h3-6,8,14H,7H2,1-2H3,(H,19,21). The van der Waals surface area contributed by atoms with Crippen LogP contribution in [0.2, 0.25) is 10.0 Å². The lowest BCUT2D eigenvalue weighted by Gasteiger charge is -2.24. The molecule has 7 heteroatoms. The molecule has 118 valence electrons. The molecule has 0 radical (unpaired) electrons. The van der Waals surface area contributed by atoms with Gasteiger partial charge in [0.15, 0.2) is 0 Å². The van der Waals surface area contributed by atoms with Crippen molar-refractivity contribution in [3.05, 3.63) is 55.9 Å². The predicted molar refractivity (Wildman–Crippen MR) is 89.5 cm³/mol. The van der Waals surface area contributed by atoms with Crippen LogP contribution in [0.3, 0.4) is 0 Å². The second kappa shape index (κ2) is 7.42. The number of hydrogen-bond donors (Lipinski definition) is 1. The van der Waals surface area contributed by atoms with E-state index in [1.54, 1.807) is 11.3 Å². The fourth-order valence-corrected chi connectivity index (χ4v) is 3.22. The van der Waals surface area contributed by atoms with Gasteiger partial charge < -0.3 is 10.2 Å². The van der Waals surface area contributed by atoms with Crippen LogP contribution in [0.4, 0.5) is 4.39 Å². The van der Waals surface area contributed by atoms with Gasteiger partial charge in [0.1, 0.15) is 5.82 Å². The summed E-state index contributed by atoms with van der Waals surface area (Å²) in [5.74, 6) is -1.10. The summed E-state index contributed by atoms with van der Waals surface area (Å²) in [4.78, 5) is 14.2. The average Bonchev–Trinajstić information content (AvgIpc) is 2.96. The SMILES string of the molecule is CN(C)C(CNC(=O)c1cc(F)c(Cl)cc1Cl)c1ccsc1. The third kappa shape index (κ3) is 3.98. The van der Waals surface area contributed by atoms with Gasteiger partial charge in [0.05, 0.1) is 21.7 Å². The highest BCUT2D eigenvalue weighted by Gasteiger charge is 2.18. The largest absolute Gasteiger partial charge is 0.350 e. The number of nitrogens with one attached hydrogen (secondary N) is 1. The molecule has 0 fully saturated rings. The summed E-state index contributed by atoms with van der Waals surface area (Å²) in [7, 11) is 3.87. The molecule has 1 unspecified atom stereocenters. The Morgan fingerprint density at radius 3 is 2.68 bits per heavy atom. The Labute approximate surface area is 142 Å². The Bertz CT molecular complexity index is 662. The highest BCUT2D eigenvalue weighted by molar-refractivity contribution is 7.07. The zero-order chi connectivity index (χ0) is 16.3. The minimum absolute atomic E-state index is 0.0334. The number of benzene rings is 1. The minimum Gasteiger partial charge on any atom is -0.350 e. The average molecular weight is 361 g/mol. The number of carbonyl (C=O) groups is 1. The van der Waals surface area contributed by atoms with Crippen molar-refractivity contribution < 1.29 is 9.18 Å². The maximum atomic E-state index is 13.5.